The van der Waals surface area contributed by atoms with Crippen molar-refractivity contribution < 1.29 is 27.7 Å². The standard InChI is InChI=1S/C31H36Cl2N4O7S/c1-6-21(4)34-31(39)28(7-2)35(18-22-9-10-23(32)16-27(22)33)30(38)19-36(24-11-13-25(44-5)14-12-24)45(42,43)26-15-8-20(3)29(17-26)37(40)41/h8-17,21,28H,6-7,18-19H2,1-5H3,(H,34,39)/t21-,28+/m0/s1. The average Bonchev–Trinajstić information content (AvgIpc) is 3.00. The number of hydrogen-bond donors (Lipinski definition) is 1. The predicted octanol–water partition coefficient (Wildman–Crippen LogP) is 6.14. The van der Waals surface area contributed by atoms with Gasteiger partial charge in [-0.15, -0.1) is 0 Å². The van der Waals surface area contributed by atoms with Gasteiger partial charge in [0.25, 0.3) is 15.7 Å². The SMILES string of the molecule is CC[C@H](C(=O)N[C@@H](C)CC)N(Cc1ccc(Cl)cc1Cl)C(=O)CN(c1ccc(OC)cc1)S(=O)(=O)c1ccc(C)c([N+](=O)[O-])c1. The van der Waals surface area contributed by atoms with Gasteiger partial charge in [0.05, 0.1) is 22.6 Å². The molecule has 14 heteroatoms. The molecule has 0 spiro atoms. The summed E-state index contributed by atoms with van der Waals surface area (Å²) >= 11 is 12.5. The lowest BCUT2D eigenvalue weighted by Crippen LogP contribution is -2.53. The zero-order valence-electron chi connectivity index (χ0n) is 25.6. The number of halogens is 2. The van der Waals surface area contributed by atoms with Gasteiger partial charge >= 0.3 is 0 Å². The van der Waals surface area contributed by atoms with E-state index in [-0.39, 0.29) is 45.9 Å². The Morgan fingerprint density at radius 3 is 2.24 bits per heavy atom. The summed E-state index contributed by atoms with van der Waals surface area (Å²) in [5.41, 5.74) is 0.491. The maximum atomic E-state index is 14.2. The van der Waals surface area contributed by atoms with Crippen LogP contribution in [0.5, 0.6) is 5.75 Å². The highest BCUT2D eigenvalue weighted by molar-refractivity contribution is 7.92. The molecule has 0 saturated heterocycles. The van der Waals surface area contributed by atoms with Gasteiger partial charge in [0, 0.05) is 34.3 Å². The Hall–Kier alpha value is -3.87. The first-order valence-electron chi connectivity index (χ1n) is 14.2. The van der Waals surface area contributed by atoms with Crippen molar-refractivity contribution in [3.63, 3.8) is 0 Å². The van der Waals surface area contributed by atoms with Crippen molar-refractivity contribution in [1.82, 2.24) is 10.2 Å². The van der Waals surface area contributed by atoms with Gasteiger partial charge in [0.2, 0.25) is 11.8 Å². The van der Waals surface area contributed by atoms with Crippen LogP contribution in [0.15, 0.2) is 65.6 Å². The largest absolute Gasteiger partial charge is 0.497 e. The Balaban J connectivity index is 2.14. The summed E-state index contributed by atoms with van der Waals surface area (Å²) in [6.07, 6.45) is 0.879. The molecule has 2 amide bonds. The Kier molecular flexibility index (Phi) is 12.2. The number of hydrogen-bond acceptors (Lipinski definition) is 7. The van der Waals surface area contributed by atoms with Gasteiger partial charge in [-0.2, -0.15) is 0 Å². The Bertz CT molecular complexity index is 1650. The zero-order chi connectivity index (χ0) is 33.5. The van der Waals surface area contributed by atoms with Crippen molar-refractivity contribution in [2.75, 3.05) is 18.0 Å². The topological polar surface area (TPSA) is 139 Å². The lowest BCUT2D eigenvalue weighted by Gasteiger charge is -2.34. The summed E-state index contributed by atoms with van der Waals surface area (Å²) in [4.78, 5) is 39.5. The minimum Gasteiger partial charge on any atom is -0.497 e. The zero-order valence-corrected chi connectivity index (χ0v) is 27.9. The van der Waals surface area contributed by atoms with Gasteiger partial charge in [0.1, 0.15) is 18.3 Å². The number of nitrogens with one attached hydrogen (secondary N) is 1. The van der Waals surface area contributed by atoms with Gasteiger partial charge in [-0.05, 0) is 74.7 Å². The van der Waals surface area contributed by atoms with E-state index in [9.17, 15) is 28.1 Å². The van der Waals surface area contributed by atoms with Crippen LogP contribution < -0.4 is 14.4 Å². The van der Waals surface area contributed by atoms with Crippen LogP contribution in [0.2, 0.25) is 10.0 Å². The molecule has 45 heavy (non-hydrogen) atoms. The molecule has 242 valence electrons. The molecule has 11 nitrogen and oxygen atoms in total. The van der Waals surface area contributed by atoms with Crippen molar-refractivity contribution >= 4 is 56.4 Å². The lowest BCUT2D eigenvalue weighted by molar-refractivity contribution is -0.385. The van der Waals surface area contributed by atoms with E-state index in [1.165, 1.54) is 61.4 Å². The molecule has 0 saturated carbocycles. The molecule has 0 heterocycles. The van der Waals surface area contributed by atoms with Crippen LogP contribution >= 0.6 is 23.2 Å². The van der Waals surface area contributed by atoms with Crippen LogP contribution in [-0.4, -0.2) is 55.8 Å². The molecule has 0 aliphatic rings. The highest BCUT2D eigenvalue weighted by Crippen LogP contribution is 2.30. The molecule has 0 unspecified atom stereocenters. The molecule has 3 aromatic rings. The van der Waals surface area contributed by atoms with Crippen molar-refractivity contribution in [3.8, 4) is 5.75 Å². The molecule has 3 rings (SSSR count). The number of carbonyl (C=O) groups excluding carboxylic acids is 2. The molecule has 0 aromatic heterocycles. The Morgan fingerprint density at radius 2 is 1.69 bits per heavy atom. The second-order valence-electron chi connectivity index (χ2n) is 10.4. The fourth-order valence-corrected chi connectivity index (χ4v) is 6.45. The predicted molar refractivity (Wildman–Crippen MR) is 174 cm³/mol. The highest BCUT2D eigenvalue weighted by Gasteiger charge is 2.35. The number of ether oxygens (including phenoxy) is 1. The number of sulfonamides is 1. The van der Waals surface area contributed by atoms with E-state index in [4.69, 9.17) is 27.9 Å². The number of benzene rings is 3. The minimum absolute atomic E-state index is 0.106. The van der Waals surface area contributed by atoms with E-state index < -0.39 is 39.3 Å². The van der Waals surface area contributed by atoms with Crippen LogP contribution in [0.1, 0.15) is 44.7 Å². The van der Waals surface area contributed by atoms with Gasteiger partial charge in [-0.1, -0.05) is 49.2 Å². The fourth-order valence-electron chi connectivity index (χ4n) is 4.54. The quantitative estimate of drug-likeness (QED) is 0.160. The number of amides is 2. The maximum Gasteiger partial charge on any atom is 0.273 e. The summed E-state index contributed by atoms with van der Waals surface area (Å²) in [6, 6.07) is 13.1. The summed E-state index contributed by atoms with van der Waals surface area (Å²) in [6.45, 7) is 6.14. The number of nitrogens with zero attached hydrogens (tertiary/aromatic N) is 3. The first-order valence-corrected chi connectivity index (χ1v) is 16.4. The van der Waals surface area contributed by atoms with E-state index in [1.54, 1.807) is 19.1 Å². The molecule has 0 radical (unpaired) electrons. The first-order chi connectivity index (χ1) is 21.2. The molecule has 0 fully saturated rings. The number of methoxy groups -OCH3 is 1. The molecule has 2 atom stereocenters. The van der Waals surface area contributed by atoms with Crippen LogP contribution in [0.25, 0.3) is 0 Å². The Morgan fingerprint density at radius 1 is 1.02 bits per heavy atom. The fraction of sp³-hybridized carbons (Fsp3) is 0.355. The summed E-state index contributed by atoms with van der Waals surface area (Å²) in [7, 11) is -3.09. The van der Waals surface area contributed by atoms with Crippen LogP contribution in [0.3, 0.4) is 0 Å². The van der Waals surface area contributed by atoms with E-state index in [0.717, 1.165) is 10.4 Å². The molecular weight excluding hydrogens is 643 g/mol. The minimum atomic E-state index is -4.54. The van der Waals surface area contributed by atoms with Crippen molar-refractivity contribution in [1.29, 1.82) is 0 Å². The second kappa shape index (κ2) is 15.4. The number of nitro groups is 1. The van der Waals surface area contributed by atoms with Crippen LogP contribution in [0.4, 0.5) is 11.4 Å². The number of carbonyl (C=O) groups is 2. The molecule has 0 aliphatic heterocycles. The molecule has 1 N–H and O–H groups in total. The molecule has 0 aliphatic carbocycles. The average molecular weight is 680 g/mol. The van der Waals surface area contributed by atoms with Gasteiger partial charge in [0.15, 0.2) is 0 Å². The summed E-state index contributed by atoms with van der Waals surface area (Å²) in [5, 5.41) is 15.2. The summed E-state index contributed by atoms with van der Waals surface area (Å²) < 4.78 is 34.3. The van der Waals surface area contributed by atoms with Crippen molar-refractivity contribution in [2.24, 2.45) is 0 Å². The number of anilines is 1. The normalized spacial score (nSPS) is 12.6. The van der Waals surface area contributed by atoms with Crippen LogP contribution in [-0.2, 0) is 26.2 Å². The number of rotatable bonds is 14. The Labute approximate surface area is 273 Å². The third-order valence-electron chi connectivity index (χ3n) is 7.35. The highest BCUT2D eigenvalue weighted by atomic mass is 35.5. The lowest BCUT2D eigenvalue weighted by atomic mass is 10.1. The van der Waals surface area contributed by atoms with Crippen molar-refractivity contribution in [2.45, 2.75) is 64.1 Å². The molecular formula is C31H36Cl2N4O7S. The molecule has 3 aromatic carbocycles. The molecule has 0 bridgehead atoms. The number of aryl methyl sites for hydroxylation is 1. The van der Waals surface area contributed by atoms with E-state index in [1.807, 2.05) is 13.8 Å². The third kappa shape index (κ3) is 8.65. The smallest absolute Gasteiger partial charge is 0.273 e. The van der Waals surface area contributed by atoms with Gasteiger partial charge in [-0.3, -0.25) is 24.0 Å². The monoisotopic (exact) mass is 678 g/mol. The van der Waals surface area contributed by atoms with Crippen molar-refractivity contribution in [3.05, 3.63) is 92.0 Å². The third-order valence-corrected chi connectivity index (χ3v) is 9.70. The first kappa shape index (κ1) is 35.6. The number of nitro benzene ring substituents is 1. The summed E-state index contributed by atoms with van der Waals surface area (Å²) in [5.74, 6) is -0.661. The van der Waals surface area contributed by atoms with E-state index in [0.29, 0.717) is 22.8 Å². The second-order valence-corrected chi connectivity index (χ2v) is 13.1. The van der Waals surface area contributed by atoms with Gasteiger partial charge in [-0.25, -0.2) is 8.42 Å². The van der Waals surface area contributed by atoms with Crippen LogP contribution in [0, 0.1) is 17.0 Å². The van der Waals surface area contributed by atoms with E-state index >= 15 is 0 Å². The van der Waals surface area contributed by atoms with Gasteiger partial charge < -0.3 is 15.0 Å². The van der Waals surface area contributed by atoms with E-state index in [2.05, 4.69) is 5.32 Å². The maximum absolute atomic E-state index is 14.2.